The second-order valence-corrected chi connectivity index (χ2v) is 4.97. The molecular weight excluding hydrogens is 234 g/mol. The minimum atomic E-state index is -0.494. The molecule has 0 bridgehead atoms. The summed E-state index contributed by atoms with van der Waals surface area (Å²) in [6.07, 6.45) is 1.77. The summed E-state index contributed by atoms with van der Waals surface area (Å²) in [5.74, 6) is 1.20. The van der Waals surface area contributed by atoms with Crippen molar-refractivity contribution in [2.75, 3.05) is 6.54 Å². The van der Waals surface area contributed by atoms with Gasteiger partial charge >= 0.3 is 0 Å². The summed E-state index contributed by atoms with van der Waals surface area (Å²) in [6, 6.07) is 0. The van der Waals surface area contributed by atoms with Crippen LogP contribution in [0.3, 0.4) is 0 Å². The Kier molecular flexibility index (Phi) is 4.45. The lowest BCUT2D eigenvalue weighted by Gasteiger charge is -2.32. The first-order chi connectivity index (χ1) is 6.70. The SMILES string of the molecule is CC(O)c1nnc(C2CC(CN)C2)s1.Cl. The van der Waals surface area contributed by atoms with Gasteiger partial charge in [-0.15, -0.1) is 22.6 Å². The number of aliphatic hydroxyl groups is 1. The van der Waals surface area contributed by atoms with E-state index in [1.165, 1.54) is 11.3 Å². The normalized spacial score (nSPS) is 26.6. The minimum Gasteiger partial charge on any atom is -0.386 e. The van der Waals surface area contributed by atoms with Crippen LogP contribution in [0, 0.1) is 5.92 Å². The molecule has 1 aromatic heterocycles. The highest BCUT2D eigenvalue weighted by Gasteiger charge is 2.31. The van der Waals surface area contributed by atoms with Gasteiger partial charge in [0.1, 0.15) is 16.1 Å². The number of hydrogen-bond donors (Lipinski definition) is 2. The zero-order chi connectivity index (χ0) is 10.1. The van der Waals surface area contributed by atoms with Crippen LogP contribution >= 0.6 is 23.7 Å². The van der Waals surface area contributed by atoms with E-state index in [4.69, 9.17) is 5.73 Å². The number of rotatable bonds is 3. The first-order valence-corrected chi connectivity index (χ1v) is 5.73. The molecular formula is C9H16ClN3OS. The van der Waals surface area contributed by atoms with Crippen molar-refractivity contribution in [1.29, 1.82) is 0 Å². The van der Waals surface area contributed by atoms with Crippen LogP contribution in [0.5, 0.6) is 0 Å². The minimum absolute atomic E-state index is 0. The van der Waals surface area contributed by atoms with E-state index in [0.717, 1.165) is 29.4 Å². The van der Waals surface area contributed by atoms with Crippen LogP contribution in [-0.4, -0.2) is 21.8 Å². The zero-order valence-electron chi connectivity index (χ0n) is 8.59. The van der Waals surface area contributed by atoms with Gasteiger partial charge in [-0.05, 0) is 32.2 Å². The molecule has 1 aliphatic carbocycles. The van der Waals surface area contributed by atoms with Gasteiger partial charge in [0.2, 0.25) is 0 Å². The molecule has 0 spiro atoms. The molecule has 1 fully saturated rings. The molecule has 0 aromatic carbocycles. The Hall–Kier alpha value is -0.230. The second-order valence-electron chi connectivity index (χ2n) is 3.92. The van der Waals surface area contributed by atoms with Gasteiger partial charge in [0.05, 0.1) is 0 Å². The van der Waals surface area contributed by atoms with Crippen molar-refractivity contribution in [2.24, 2.45) is 11.7 Å². The molecule has 0 aliphatic heterocycles. The highest BCUT2D eigenvalue weighted by Crippen LogP contribution is 2.42. The summed E-state index contributed by atoms with van der Waals surface area (Å²) < 4.78 is 0. The Morgan fingerprint density at radius 2 is 2.20 bits per heavy atom. The number of halogens is 1. The number of aliphatic hydroxyl groups excluding tert-OH is 1. The molecule has 0 amide bonds. The maximum Gasteiger partial charge on any atom is 0.145 e. The Morgan fingerprint density at radius 1 is 1.53 bits per heavy atom. The zero-order valence-corrected chi connectivity index (χ0v) is 10.2. The molecule has 1 atom stereocenters. The molecule has 1 aromatic rings. The molecule has 86 valence electrons. The first kappa shape index (κ1) is 12.8. The van der Waals surface area contributed by atoms with Crippen molar-refractivity contribution >= 4 is 23.7 Å². The largest absolute Gasteiger partial charge is 0.386 e. The lowest BCUT2D eigenvalue weighted by atomic mass is 9.75. The quantitative estimate of drug-likeness (QED) is 0.851. The van der Waals surface area contributed by atoms with E-state index in [1.807, 2.05) is 0 Å². The molecule has 0 radical (unpaired) electrons. The fourth-order valence-electron chi connectivity index (χ4n) is 1.71. The standard InChI is InChI=1S/C9H15N3OS.ClH/c1-5(13)8-11-12-9(14-8)7-2-6(3-7)4-10;/h5-7,13H,2-4,10H2,1H3;1H. The molecule has 1 aliphatic rings. The first-order valence-electron chi connectivity index (χ1n) is 4.92. The molecule has 15 heavy (non-hydrogen) atoms. The fourth-order valence-corrected chi connectivity index (χ4v) is 2.62. The summed E-state index contributed by atoms with van der Waals surface area (Å²) in [7, 11) is 0. The fraction of sp³-hybridized carbons (Fsp3) is 0.778. The Balaban J connectivity index is 0.00000112. The van der Waals surface area contributed by atoms with Gasteiger partial charge in [0.15, 0.2) is 0 Å². The number of hydrogen-bond acceptors (Lipinski definition) is 5. The highest BCUT2D eigenvalue weighted by atomic mass is 35.5. The van der Waals surface area contributed by atoms with Crippen LogP contribution in [0.25, 0.3) is 0 Å². The molecule has 1 saturated carbocycles. The number of nitrogens with two attached hydrogens (primary N) is 1. The monoisotopic (exact) mass is 249 g/mol. The summed E-state index contributed by atoms with van der Waals surface area (Å²) in [6.45, 7) is 2.49. The molecule has 0 saturated heterocycles. The van der Waals surface area contributed by atoms with Gasteiger partial charge in [-0.1, -0.05) is 11.3 Å². The lowest BCUT2D eigenvalue weighted by molar-refractivity contribution is 0.198. The summed E-state index contributed by atoms with van der Waals surface area (Å²) in [5, 5.41) is 19.1. The van der Waals surface area contributed by atoms with E-state index >= 15 is 0 Å². The summed E-state index contributed by atoms with van der Waals surface area (Å²) >= 11 is 1.52. The van der Waals surface area contributed by atoms with E-state index in [-0.39, 0.29) is 12.4 Å². The maximum absolute atomic E-state index is 9.30. The third-order valence-electron chi connectivity index (χ3n) is 2.73. The second kappa shape index (κ2) is 5.21. The predicted octanol–water partition coefficient (Wildman–Crippen LogP) is 1.47. The van der Waals surface area contributed by atoms with Gasteiger partial charge in [-0.2, -0.15) is 0 Å². The van der Waals surface area contributed by atoms with Crippen molar-refractivity contribution in [3.8, 4) is 0 Å². The Labute approximate surface area is 99.3 Å². The van der Waals surface area contributed by atoms with Crippen LogP contribution in [0.1, 0.15) is 41.8 Å². The molecule has 6 heteroatoms. The van der Waals surface area contributed by atoms with E-state index in [2.05, 4.69) is 10.2 Å². The summed E-state index contributed by atoms with van der Waals surface area (Å²) in [5.41, 5.74) is 5.55. The van der Waals surface area contributed by atoms with Crippen LogP contribution in [0.15, 0.2) is 0 Å². The lowest BCUT2D eigenvalue weighted by Crippen LogP contribution is -2.28. The van der Waals surface area contributed by atoms with Gasteiger partial charge in [0.25, 0.3) is 0 Å². The topological polar surface area (TPSA) is 72.0 Å². The third-order valence-corrected chi connectivity index (χ3v) is 3.99. The van der Waals surface area contributed by atoms with Gasteiger partial charge in [0, 0.05) is 5.92 Å². The average Bonchev–Trinajstić information content (AvgIpc) is 2.51. The van der Waals surface area contributed by atoms with Crippen molar-refractivity contribution < 1.29 is 5.11 Å². The molecule has 2 rings (SSSR count). The van der Waals surface area contributed by atoms with Crippen LogP contribution in [-0.2, 0) is 0 Å². The highest BCUT2D eigenvalue weighted by molar-refractivity contribution is 7.11. The van der Waals surface area contributed by atoms with Crippen molar-refractivity contribution in [3.63, 3.8) is 0 Å². The number of aromatic nitrogens is 2. The molecule has 1 heterocycles. The van der Waals surface area contributed by atoms with Crippen LogP contribution in [0.2, 0.25) is 0 Å². The van der Waals surface area contributed by atoms with Gasteiger partial charge in [-0.25, -0.2) is 0 Å². The third kappa shape index (κ3) is 2.66. The Morgan fingerprint density at radius 3 is 2.67 bits per heavy atom. The van der Waals surface area contributed by atoms with Crippen molar-refractivity contribution in [2.45, 2.75) is 31.8 Å². The van der Waals surface area contributed by atoms with Crippen LogP contribution in [0.4, 0.5) is 0 Å². The van der Waals surface area contributed by atoms with E-state index in [0.29, 0.717) is 11.8 Å². The van der Waals surface area contributed by atoms with E-state index < -0.39 is 6.10 Å². The number of nitrogens with zero attached hydrogens (tertiary/aromatic N) is 2. The van der Waals surface area contributed by atoms with Crippen LogP contribution < -0.4 is 5.73 Å². The summed E-state index contributed by atoms with van der Waals surface area (Å²) in [4.78, 5) is 0. The average molecular weight is 250 g/mol. The molecule has 3 N–H and O–H groups in total. The van der Waals surface area contributed by atoms with Crippen molar-refractivity contribution in [3.05, 3.63) is 10.0 Å². The Bertz CT molecular complexity index is 312. The molecule has 1 unspecified atom stereocenters. The van der Waals surface area contributed by atoms with Crippen molar-refractivity contribution in [1.82, 2.24) is 10.2 Å². The van der Waals surface area contributed by atoms with E-state index in [1.54, 1.807) is 6.92 Å². The predicted molar refractivity (Wildman–Crippen MR) is 62.3 cm³/mol. The van der Waals surface area contributed by atoms with E-state index in [9.17, 15) is 5.11 Å². The maximum atomic E-state index is 9.30. The van der Waals surface area contributed by atoms with Gasteiger partial charge < -0.3 is 10.8 Å². The molecule has 4 nitrogen and oxygen atoms in total. The smallest absolute Gasteiger partial charge is 0.145 e. The van der Waals surface area contributed by atoms with Gasteiger partial charge in [-0.3, -0.25) is 0 Å².